The second kappa shape index (κ2) is 8.66. The maximum Gasteiger partial charge on any atom is 0.0611 e. The Morgan fingerprint density at radius 1 is 1.20 bits per heavy atom. The molecule has 1 aromatic rings. The van der Waals surface area contributed by atoms with Crippen molar-refractivity contribution in [3.8, 4) is 0 Å². The summed E-state index contributed by atoms with van der Waals surface area (Å²) in [5.74, 6) is 1.39. The van der Waals surface area contributed by atoms with Crippen molar-refractivity contribution in [2.45, 2.75) is 75.7 Å². The summed E-state index contributed by atoms with van der Waals surface area (Å²) in [4.78, 5) is 0. The third kappa shape index (κ3) is 4.84. The van der Waals surface area contributed by atoms with E-state index >= 15 is 0 Å². The van der Waals surface area contributed by atoms with Gasteiger partial charge in [-0.15, -0.1) is 0 Å². The Morgan fingerprint density at radius 3 is 2.84 bits per heavy atom. The first-order valence-electron chi connectivity index (χ1n) is 10.1. The van der Waals surface area contributed by atoms with Crippen LogP contribution in [0.25, 0.3) is 0 Å². The van der Waals surface area contributed by atoms with Crippen molar-refractivity contribution in [1.29, 1.82) is 0 Å². The smallest absolute Gasteiger partial charge is 0.0611 e. The van der Waals surface area contributed by atoms with E-state index in [4.69, 9.17) is 10.5 Å². The second-order valence-electron chi connectivity index (χ2n) is 8.44. The van der Waals surface area contributed by atoms with Gasteiger partial charge in [-0.05, 0) is 73.5 Å². The first-order chi connectivity index (χ1) is 12.1. The highest BCUT2D eigenvalue weighted by atomic mass is 16.5. The van der Waals surface area contributed by atoms with Crippen molar-refractivity contribution < 1.29 is 9.84 Å². The number of aliphatic hydroxyl groups excluding tert-OH is 1. The van der Waals surface area contributed by atoms with Gasteiger partial charge in [0.1, 0.15) is 0 Å². The Kier molecular flexibility index (Phi) is 6.54. The number of benzene rings is 1. The predicted molar refractivity (Wildman–Crippen MR) is 103 cm³/mol. The predicted octanol–water partition coefficient (Wildman–Crippen LogP) is 3.96. The molecule has 3 N–H and O–H groups in total. The highest BCUT2D eigenvalue weighted by Gasteiger charge is 2.36. The Balaban J connectivity index is 1.53. The molecule has 1 aromatic carbocycles. The number of fused-ring (bicyclic) bond motifs is 1. The van der Waals surface area contributed by atoms with Gasteiger partial charge in [0.15, 0.2) is 0 Å². The minimum atomic E-state index is -0.353. The van der Waals surface area contributed by atoms with Crippen molar-refractivity contribution in [2.75, 3.05) is 20.3 Å². The van der Waals surface area contributed by atoms with Gasteiger partial charge in [-0.2, -0.15) is 0 Å². The Bertz CT molecular complexity index is 559. The van der Waals surface area contributed by atoms with Crippen LogP contribution in [-0.2, 0) is 17.6 Å². The number of nitrogens with two attached hydrogens (primary N) is 1. The van der Waals surface area contributed by atoms with Crippen LogP contribution in [0, 0.1) is 5.92 Å². The number of methoxy groups -OCH3 is 1. The van der Waals surface area contributed by atoms with Gasteiger partial charge in [-0.1, -0.05) is 37.5 Å². The molecule has 2 aliphatic rings. The maximum absolute atomic E-state index is 9.50. The summed E-state index contributed by atoms with van der Waals surface area (Å²) in [6.45, 7) is 1.01. The molecule has 0 saturated heterocycles. The van der Waals surface area contributed by atoms with E-state index in [9.17, 15) is 5.11 Å². The molecule has 3 nitrogen and oxygen atoms in total. The van der Waals surface area contributed by atoms with Gasteiger partial charge in [0.25, 0.3) is 0 Å². The van der Waals surface area contributed by atoms with Gasteiger partial charge >= 0.3 is 0 Å². The molecule has 0 radical (unpaired) electrons. The Hall–Kier alpha value is -0.900. The molecule has 1 unspecified atom stereocenters. The standard InChI is InChI=1S/C22H35NO2/c1-25-12-4-2-3-5-17-6-7-19-14-20(9-8-18(19)13-17)21-10-11-22(23,15-21)16-24/h8-9,14,17,21,24H,2-7,10-13,15-16,23H2,1H3/t17?,21-,22+/m1/s1. The molecule has 140 valence electrons. The van der Waals surface area contributed by atoms with Gasteiger partial charge in [0.05, 0.1) is 6.61 Å². The number of ether oxygens (including phenoxy) is 1. The SMILES string of the molecule is COCCCCCC1CCc2cc([C@@H]3CC[C@@](N)(CO)C3)ccc2C1. The molecule has 0 aromatic heterocycles. The van der Waals surface area contributed by atoms with E-state index in [1.807, 2.05) is 0 Å². The van der Waals surface area contributed by atoms with E-state index < -0.39 is 0 Å². The fourth-order valence-corrected chi connectivity index (χ4v) is 4.79. The lowest BCUT2D eigenvalue weighted by Crippen LogP contribution is -2.40. The van der Waals surface area contributed by atoms with Crippen LogP contribution in [0.4, 0.5) is 0 Å². The molecule has 3 rings (SSSR count). The van der Waals surface area contributed by atoms with E-state index in [0.29, 0.717) is 5.92 Å². The zero-order valence-electron chi connectivity index (χ0n) is 15.8. The van der Waals surface area contributed by atoms with Crippen LogP contribution in [0.2, 0.25) is 0 Å². The first kappa shape index (κ1) is 18.9. The molecule has 3 heteroatoms. The molecule has 0 bridgehead atoms. The van der Waals surface area contributed by atoms with E-state index in [1.165, 1.54) is 50.5 Å². The number of aryl methyl sites for hydroxylation is 1. The monoisotopic (exact) mass is 345 g/mol. The van der Waals surface area contributed by atoms with Crippen LogP contribution in [0.15, 0.2) is 18.2 Å². The normalized spacial score (nSPS) is 28.9. The second-order valence-corrected chi connectivity index (χ2v) is 8.44. The van der Waals surface area contributed by atoms with Gasteiger partial charge in [-0.25, -0.2) is 0 Å². The molecular weight excluding hydrogens is 310 g/mol. The van der Waals surface area contributed by atoms with Crippen LogP contribution >= 0.6 is 0 Å². The summed E-state index contributed by atoms with van der Waals surface area (Å²) < 4.78 is 5.13. The van der Waals surface area contributed by atoms with Crippen molar-refractivity contribution in [3.05, 3.63) is 34.9 Å². The first-order valence-corrected chi connectivity index (χ1v) is 10.1. The summed E-state index contributed by atoms with van der Waals surface area (Å²) in [6.07, 6.45) is 12.0. The van der Waals surface area contributed by atoms with Crippen LogP contribution in [0.5, 0.6) is 0 Å². The van der Waals surface area contributed by atoms with Crippen LogP contribution in [0.1, 0.15) is 74.0 Å². The van der Waals surface area contributed by atoms with E-state index in [-0.39, 0.29) is 12.1 Å². The number of unbranched alkanes of at least 4 members (excludes halogenated alkanes) is 2. The summed E-state index contributed by atoms with van der Waals surface area (Å²) in [6, 6.07) is 7.14. The third-order valence-corrected chi connectivity index (χ3v) is 6.45. The topological polar surface area (TPSA) is 55.5 Å². The third-order valence-electron chi connectivity index (χ3n) is 6.45. The Morgan fingerprint density at radius 2 is 2.08 bits per heavy atom. The van der Waals surface area contributed by atoms with Crippen LogP contribution in [0.3, 0.4) is 0 Å². The fourth-order valence-electron chi connectivity index (χ4n) is 4.79. The highest BCUT2D eigenvalue weighted by molar-refractivity contribution is 5.36. The molecule has 3 atom stereocenters. The summed E-state index contributed by atoms with van der Waals surface area (Å²) in [5, 5.41) is 9.50. The minimum Gasteiger partial charge on any atom is -0.394 e. The molecule has 1 fully saturated rings. The summed E-state index contributed by atoms with van der Waals surface area (Å²) in [7, 11) is 1.79. The van der Waals surface area contributed by atoms with E-state index in [0.717, 1.165) is 31.8 Å². The van der Waals surface area contributed by atoms with Gasteiger partial charge < -0.3 is 15.6 Å². The zero-order chi connectivity index (χ0) is 17.7. The summed E-state index contributed by atoms with van der Waals surface area (Å²) >= 11 is 0. The molecule has 1 saturated carbocycles. The van der Waals surface area contributed by atoms with Crippen LogP contribution in [-0.4, -0.2) is 31.0 Å². The molecule has 0 amide bonds. The number of hydrogen-bond acceptors (Lipinski definition) is 3. The van der Waals surface area contributed by atoms with Gasteiger partial charge in [0, 0.05) is 19.3 Å². The van der Waals surface area contributed by atoms with Gasteiger partial charge in [-0.3, -0.25) is 0 Å². The molecule has 0 heterocycles. The molecule has 25 heavy (non-hydrogen) atoms. The number of rotatable bonds is 8. The lowest BCUT2D eigenvalue weighted by Gasteiger charge is -2.26. The molecule has 0 aliphatic heterocycles. The Labute approximate surface area is 153 Å². The van der Waals surface area contributed by atoms with Crippen molar-refractivity contribution >= 4 is 0 Å². The maximum atomic E-state index is 9.50. The molecule has 2 aliphatic carbocycles. The molecular formula is C22H35NO2. The summed E-state index contributed by atoms with van der Waals surface area (Å²) in [5.41, 5.74) is 10.5. The lowest BCUT2D eigenvalue weighted by molar-refractivity contribution is 0.191. The van der Waals surface area contributed by atoms with Crippen molar-refractivity contribution in [2.24, 2.45) is 11.7 Å². The number of hydrogen-bond donors (Lipinski definition) is 2. The zero-order valence-corrected chi connectivity index (χ0v) is 15.8. The van der Waals surface area contributed by atoms with Crippen LogP contribution < -0.4 is 5.73 Å². The molecule has 0 spiro atoms. The average Bonchev–Trinajstić information content (AvgIpc) is 3.04. The van der Waals surface area contributed by atoms with E-state index in [2.05, 4.69) is 18.2 Å². The van der Waals surface area contributed by atoms with Crippen molar-refractivity contribution in [3.63, 3.8) is 0 Å². The quantitative estimate of drug-likeness (QED) is 0.701. The fraction of sp³-hybridized carbons (Fsp3) is 0.727. The lowest BCUT2D eigenvalue weighted by atomic mass is 9.79. The van der Waals surface area contributed by atoms with Crippen molar-refractivity contribution in [1.82, 2.24) is 0 Å². The average molecular weight is 346 g/mol. The largest absolute Gasteiger partial charge is 0.394 e. The minimum absolute atomic E-state index is 0.112. The van der Waals surface area contributed by atoms with E-state index in [1.54, 1.807) is 18.2 Å². The van der Waals surface area contributed by atoms with Gasteiger partial charge in [0.2, 0.25) is 0 Å². The number of aliphatic hydroxyl groups is 1. The highest BCUT2D eigenvalue weighted by Crippen LogP contribution is 2.40.